The molecule has 1 amide bonds. The molecule has 4 nitrogen and oxygen atoms in total. The molecule has 2 unspecified atom stereocenters. The number of amides is 1. The molecule has 0 aliphatic heterocycles. The van der Waals surface area contributed by atoms with Crippen LogP contribution >= 0.6 is 0 Å². The topological polar surface area (TPSA) is 66.4 Å². The summed E-state index contributed by atoms with van der Waals surface area (Å²) < 4.78 is 12.7. The van der Waals surface area contributed by atoms with Crippen LogP contribution < -0.4 is 5.32 Å². The van der Waals surface area contributed by atoms with Gasteiger partial charge in [-0.25, -0.2) is 4.39 Å². The number of carbonyl (C=O) groups excluding carboxylic acids is 1. The Balaban J connectivity index is 1.86. The number of nitrogens with one attached hydrogen (secondary N) is 1. The van der Waals surface area contributed by atoms with E-state index in [0.717, 1.165) is 0 Å². The van der Waals surface area contributed by atoms with Gasteiger partial charge in [0.1, 0.15) is 5.82 Å². The molecular formula is C15H14FNO3. The van der Waals surface area contributed by atoms with Gasteiger partial charge >= 0.3 is 5.97 Å². The highest BCUT2D eigenvalue weighted by atomic mass is 19.1. The zero-order valence-corrected chi connectivity index (χ0v) is 10.6. The summed E-state index contributed by atoms with van der Waals surface area (Å²) >= 11 is 0. The second-order valence-corrected chi connectivity index (χ2v) is 4.57. The first kappa shape index (κ1) is 14.0. The zero-order valence-electron chi connectivity index (χ0n) is 10.6. The van der Waals surface area contributed by atoms with Crippen molar-refractivity contribution in [2.75, 3.05) is 0 Å². The van der Waals surface area contributed by atoms with Crippen molar-refractivity contribution < 1.29 is 19.1 Å². The van der Waals surface area contributed by atoms with E-state index in [4.69, 9.17) is 5.11 Å². The van der Waals surface area contributed by atoms with Crippen LogP contribution in [0.25, 0.3) is 6.08 Å². The average Bonchev–Trinajstić information content (AvgIpc) is 2.87. The summed E-state index contributed by atoms with van der Waals surface area (Å²) in [6.07, 6.45) is 6.54. The van der Waals surface area contributed by atoms with Crippen molar-refractivity contribution in [3.63, 3.8) is 0 Å². The van der Waals surface area contributed by atoms with Crippen molar-refractivity contribution in [3.05, 3.63) is 53.9 Å². The molecule has 0 saturated carbocycles. The third-order valence-electron chi connectivity index (χ3n) is 3.03. The molecule has 0 heterocycles. The van der Waals surface area contributed by atoms with Crippen LogP contribution in [0.3, 0.4) is 0 Å². The summed E-state index contributed by atoms with van der Waals surface area (Å²) in [7, 11) is 0. The normalized spacial score (nSPS) is 21.2. The summed E-state index contributed by atoms with van der Waals surface area (Å²) in [6.45, 7) is 0. The number of hydrogen-bond donors (Lipinski definition) is 2. The molecule has 1 aromatic rings. The van der Waals surface area contributed by atoms with Crippen LogP contribution in [0.2, 0.25) is 0 Å². The molecule has 0 fully saturated rings. The van der Waals surface area contributed by atoms with Crippen LogP contribution in [0.1, 0.15) is 12.0 Å². The number of hydrogen-bond acceptors (Lipinski definition) is 2. The molecule has 0 spiro atoms. The average molecular weight is 275 g/mol. The molecule has 0 radical (unpaired) electrons. The number of benzene rings is 1. The maximum absolute atomic E-state index is 12.7. The molecule has 2 N–H and O–H groups in total. The Hall–Kier alpha value is -2.43. The quantitative estimate of drug-likeness (QED) is 0.652. The monoisotopic (exact) mass is 275 g/mol. The first-order valence-electron chi connectivity index (χ1n) is 6.20. The molecule has 0 aromatic heterocycles. The van der Waals surface area contributed by atoms with Crippen molar-refractivity contribution in [1.29, 1.82) is 0 Å². The largest absolute Gasteiger partial charge is 0.481 e. The van der Waals surface area contributed by atoms with E-state index < -0.39 is 11.9 Å². The van der Waals surface area contributed by atoms with Gasteiger partial charge in [0.05, 0.1) is 5.92 Å². The molecule has 2 rings (SSSR count). The van der Waals surface area contributed by atoms with Gasteiger partial charge in [0.25, 0.3) is 0 Å². The van der Waals surface area contributed by atoms with E-state index in [1.807, 2.05) is 0 Å². The minimum atomic E-state index is -0.889. The predicted octanol–water partition coefficient (Wildman–Crippen LogP) is 1.98. The van der Waals surface area contributed by atoms with E-state index in [1.165, 1.54) is 18.2 Å². The van der Waals surface area contributed by atoms with Gasteiger partial charge in [0, 0.05) is 12.1 Å². The van der Waals surface area contributed by atoms with Crippen molar-refractivity contribution in [2.45, 2.75) is 12.5 Å². The first-order chi connectivity index (χ1) is 9.54. The number of carboxylic acid groups (broad SMARTS) is 1. The van der Waals surface area contributed by atoms with Crippen LogP contribution in [-0.2, 0) is 9.59 Å². The Morgan fingerprint density at radius 3 is 2.55 bits per heavy atom. The van der Waals surface area contributed by atoms with E-state index in [-0.39, 0.29) is 17.8 Å². The van der Waals surface area contributed by atoms with Gasteiger partial charge in [-0.15, -0.1) is 0 Å². The van der Waals surface area contributed by atoms with Gasteiger partial charge in [-0.1, -0.05) is 24.3 Å². The second-order valence-electron chi connectivity index (χ2n) is 4.57. The number of carbonyl (C=O) groups is 2. The smallest absolute Gasteiger partial charge is 0.310 e. The third kappa shape index (κ3) is 3.78. The molecule has 0 saturated heterocycles. The predicted molar refractivity (Wildman–Crippen MR) is 72.2 cm³/mol. The Kier molecular flexibility index (Phi) is 4.30. The fourth-order valence-corrected chi connectivity index (χ4v) is 1.97. The van der Waals surface area contributed by atoms with Gasteiger partial charge in [0.2, 0.25) is 5.91 Å². The summed E-state index contributed by atoms with van der Waals surface area (Å²) in [5.74, 6) is -2.07. The standard InChI is InChI=1S/C15H14FNO3/c16-12-5-1-10(2-6-12)3-8-14(18)17-13-7-4-11(9-13)15(19)20/h1-8,11,13H,9H2,(H,17,18)(H,19,20). The molecular weight excluding hydrogens is 261 g/mol. The van der Waals surface area contributed by atoms with Gasteiger partial charge in [-0.05, 0) is 30.2 Å². The van der Waals surface area contributed by atoms with E-state index >= 15 is 0 Å². The van der Waals surface area contributed by atoms with Crippen LogP contribution in [0.15, 0.2) is 42.5 Å². The molecule has 0 bridgehead atoms. The highest BCUT2D eigenvalue weighted by molar-refractivity contribution is 5.92. The Bertz CT molecular complexity index is 563. The lowest BCUT2D eigenvalue weighted by Gasteiger charge is -2.10. The van der Waals surface area contributed by atoms with Gasteiger partial charge < -0.3 is 10.4 Å². The van der Waals surface area contributed by atoms with E-state index in [9.17, 15) is 14.0 Å². The maximum Gasteiger partial charge on any atom is 0.310 e. The van der Waals surface area contributed by atoms with Gasteiger partial charge in [-0.3, -0.25) is 9.59 Å². The highest BCUT2D eigenvalue weighted by Crippen LogP contribution is 2.17. The van der Waals surface area contributed by atoms with Crippen LogP contribution in [0.5, 0.6) is 0 Å². The lowest BCUT2D eigenvalue weighted by atomic mass is 10.1. The summed E-state index contributed by atoms with van der Waals surface area (Å²) in [4.78, 5) is 22.4. The SMILES string of the molecule is O=C(C=Cc1ccc(F)cc1)NC1C=CC(C(=O)O)C1. The van der Waals surface area contributed by atoms with Crippen molar-refractivity contribution in [2.24, 2.45) is 5.92 Å². The molecule has 104 valence electrons. The van der Waals surface area contributed by atoms with Crippen molar-refractivity contribution >= 4 is 18.0 Å². The lowest BCUT2D eigenvalue weighted by molar-refractivity contribution is -0.140. The zero-order chi connectivity index (χ0) is 14.5. The van der Waals surface area contributed by atoms with Crippen LogP contribution in [0.4, 0.5) is 4.39 Å². The van der Waals surface area contributed by atoms with E-state index in [1.54, 1.807) is 30.4 Å². The Morgan fingerprint density at radius 1 is 1.25 bits per heavy atom. The number of halogens is 1. The van der Waals surface area contributed by atoms with Crippen LogP contribution in [-0.4, -0.2) is 23.0 Å². The van der Waals surface area contributed by atoms with Crippen molar-refractivity contribution in [1.82, 2.24) is 5.32 Å². The molecule has 5 heteroatoms. The summed E-state index contributed by atoms with van der Waals surface area (Å²) in [5.41, 5.74) is 0.715. The summed E-state index contributed by atoms with van der Waals surface area (Å²) in [5, 5.41) is 11.5. The first-order valence-corrected chi connectivity index (χ1v) is 6.20. The molecule has 2 atom stereocenters. The minimum Gasteiger partial charge on any atom is -0.481 e. The summed E-state index contributed by atoms with van der Waals surface area (Å²) in [6, 6.07) is 5.49. The van der Waals surface area contributed by atoms with Gasteiger partial charge in [-0.2, -0.15) is 0 Å². The Morgan fingerprint density at radius 2 is 1.95 bits per heavy atom. The lowest BCUT2D eigenvalue weighted by Crippen LogP contribution is -2.31. The number of aliphatic carboxylic acids is 1. The van der Waals surface area contributed by atoms with Gasteiger partial charge in [0.15, 0.2) is 0 Å². The molecule has 1 aliphatic carbocycles. The second kappa shape index (κ2) is 6.14. The molecule has 1 aliphatic rings. The highest BCUT2D eigenvalue weighted by Gasteiger charge is 2.24. The number of rotatable bonds is 4. The van der Waals surface area contributed by atoms with Crippen LogP contribution in [0, 0.1) is 11.7 Å². The molecule has 20 heavy (non-hydrogen) atoms. The van der Waals surface area contributed by atoms with E-state index in [2.05, 4.69) is 5.32 Å². The maximum atomic E-state index is 12.7. The van der Waals surface area contributed by atoms with E-state index in [0.29, 0.717) is 12.0 Å². The molecule has 1 aromatic carbocycles. The fraction of sp³-hybridized carbons (Fsp3) is 0.200. The fourth-order valence-electron chi connectivity index (χ4n) is 1.97. The van der Waals surface area contributed by atoms with Crippen molar-refractivity contribution in [3.8, 4) is 0 Å². The number of carboxylic acids is 1. The third-order valence-corrected chi connectivity index (χ3v) is 3.03. The Labute approximate surface area is 115 Å². The minimum absolute atomic E-state index is 0.263.